The number of carbonyl (C=O) groups excluding carboxylic acids is 1. The Morgan fingerprint density at radius 2 is 1.92 bits per heavy atom. The van der Waals surface area contributed by atoms with Crippen molar-refractivity contribution in [2.75, 3.05) is 6.61 Å². The summed E-state index contributed by atoms with van der Waals surface area (Å²) in [5.41, 5.74) is -1.07. The SMILES string of the molecule is N=C=S.O=CC(O)C(O)(Cc1cc2ccccc2[nH]1)C(O)C(O)CO. The van der Waals surface area contributed by atoms with Gasteiger partial charge < -0.3 is 35.3 Å². The van der Waals surface area contributed by atoms with Gasteiger partial charge >= 0.3 is 0 Å². The van der Waals surface area contributed by atoms with Crippen LogP contribution < -0.4 is 0 Å². The monoisotopic (exact) mass is 368 g/mol. The van der Waals surface area contributed by atoms with E-state index in [2.05, 4.69) is 17.2 Å². The second-order valence-corrected chi connectivity index (χ2v) is 5.63. The molecule has 7 N–H and O–H groups in total. The number of thiocarbonyl (C=S) groups is 1. The minimum atomic E-state index is -2.33. The molecule has 2 rings (SSSR count). The molecule has 9 heteroatoms. The van der Waals surface area contributed by atoms with Crippen molar-refractivity contribution in [2.45, 2.75) is 30.3 Å². The van der Waals surface area contributed by atoms with Crippen LogP contribution in [0.15, 0.2) is 30.3 Å². The molecule has 0 bridgehead atoms. The fraction of sp³-hybridized carbons (Fsp3) is 0.375. The number of para-hydroxylation sites is 1. The molecule has 8 nitrogen and oxygen atoms in total. The van der Waals surface area contributed by atoms with Crippen molar-refractivity contribution in [1.29, 1.82) is 5.41 Å². The number of H-pyrrole nitrogens is 1. The Morgan fingerprint density at radius 3 is 2.44 bits per heavy atom. The van der Waals surface area contributed by atoms with Crippen molar-refractivity contribution in [3.05, 3.63) is 36.0 Å². The van der Waals surface area contributed by atoms with Crippen molar-refractivity contribution < 1.29 is 30.3 Å². The van der Waals surface area contributed by atoms with E-state index in [1.807, 2.05) is 24.3 Å². The Bertz CT molecular complexity index is 697. The quantitative estimate of drug-likeness (QED) is 0.195. The summed E-state index contributed by atoms with van der Waals surface area (Å²) in [6, 6.07) is 9.00. The second kappa shape index (κ2) is 9.50. The minimum Gasteiger partial charge on any atom is -0.394 e. The van der Waals surface area contributed by atoms with E-state index in [0.29, 0.717) is 5.69 Å². The van der Waals surface area contributed by atoms with Gasteiger partial charge in [0.1, 0.15) is 23.9 Å². The number of carbonyl (C=O) groups is 1. The Balaban J connectivity index is 0.000000970. The lowest BCUT2D eigenvalue weighted by molar-refractivity contribution is -0.181. The highest BCUT2D eigenvalue weighted by molar-refractivity contribution is 7.78. The summed E-state index contributed by atoms with van der Waals surface area (Å²) in [7, 11) is 0. The minimum absolute atomic E-state index is 0.0793. The number of benzene rings is 1. The Morgan fingerprint density at radius 1 is 1.32 bits per heavy atom. The summed E-state index contributed by atoms with van der Waals surface area (Å²) in [4.78, 5) is 13.9. The van der Waals surface area contributed by atoms with E-state index in [4.69, 9.17) is 10.5 Å². The first-order valence-corrected chi connectivity index (χ1v) is 7.68. The molecule has 0 aliphatic rings. The normalized spacial score (nSPS) is 16.7. The number of aliphatic hydroxyl groups is 5. The average molecular weight is 368 g/mol. The van der Waals surface area contributed by atoms with Gasteiger partial charge in [-0.3, -0.25) is 0 Å². The van der Waals surface area contributed by atoms with Gasteiger partial charge in [0.15, 0.2) is 6.29 Å². The number of aromatic amines is 1. The molecular formula is C16H20N2O6S. The fourth-order valence-corrected chi connectivity index (χ4v) is 2.47. The van der Waals surface area contributed by atoms with E-state index >= 15 is 0 Å². The molecule has 4 atom stereocenters. The Labute approximate surface area is 148 Å². The number of aromatic nitrogens is 1. The average Bonchev–Trinajstić information content (AvgIpc) is 3.02. The van der Waals surface area contributed by atoms with Gasteiger partial charge in [0.05, 0.1) is 11.8 Å². The number of fused-ring (bicyclic) bond motifs is 1. The van der Waals surface area contributed by atoms with Gasteiger partial charge in [0, 0.05) is 17.6 Å². The predicted octanol–water partition coefficient (Wildman–Crippen LogP) is -0.617. The molecule has 0 saturated heterocycles. The van der Waals surface area contributed by atoms with Crippen molar-refractivity contribution in [1.82, 2.24) is 4.98 Å². The molecular weight excluding hydrogens is 348 g/mol. The van der Waals surface area contributed by atoms with Gasteiger partial charge in [-0.2, -0.15) is 0 Å². The highest BCUT2D eigenvalue weighted by atomic mass is 32.1. The van der Waals surface area contributed by atoms with Gasteiger partial charge in [-0.15, -0.1) is 0 Å². The first-order chi connectivity index (χ1) is 11.8. The fourth-order valence-electron chi connectivity index (χ4n) is 2.47. The zero-order chi connectivity index (χ0) is 19.0. The summed E-state index contributed by atoms with van der Waals surface area (Å²) in [6.45, 7) is -0.818. The standard InChI is InChI=1S/C15H19NO6.CHNS/c17-7-12(19)14(21)15(22,13(20)8-18)6-10-5-9-3-1-2-4-11(9)16-10;2-1-3/h1-5,8,12-14,16-17,19-22H,6-7H2;2H. The maximum atomic E-state index is 10.9. The van der Waals surface area contributed by atoms with Crippen LogP contribution in [-0.2, 0) is 11.2 Å². The number of isothiocyanates is 1. The number of rotatable bonds is 7. The molecule has 0 aliphatic heterocycles. The summed E-state index contributed by atoms with van der Waals surface area (Å²) < 4.78 is 0. The van der Waals surface area contributed by atoms with Crippen LogP contribution in [0.4, 0.5) is 0 Å². The van der Waals surface area contributed by atoms with Gasteiger partial charge in [0.2, 0.25) is 0 Å². The van der Waals surface area contributed by atoms with Crippen molar-refractivity contribution in [3.8, 4) is 0 Å². The maximum absolute atomic E-state index is 10.9. The van der Waals surface area contributed by atoms with Crippen LogP contribution in [0.2, 0.25) is 0 Å². The van der Waals surface area contributed by atoms with E-state index in [1.165, 1.54) is 0 Å². The highest BCUT2D eigenvalue weighted by Crippen LogP contribution is 2.25. The van der Waals surface area contributed by atoms with Crippen molar-refractivity contribution in [3.63, 3.8) is 0 Å². The third-order valence-corrected chi connectivity index (χ3v) is 3.76. The summed E-state index contributed by atoms with van der Waals surface area (Å²) in [5.74, 6) is 0. The van der Waals surface area contributed by atoms with Crippen LogP contribution in [0.5, 0.6) is 0 Å². The summed E-state index contributed by atoms with van der Waals surface area (Å²) in [6.07, 6.45) is -5.74. The molecule has 25 heavy (non-hydrogen) atoms. The molecule has 0 aliphatic carbocycles. The Kier molecular flexibility index (Phi) is 8.01. The molecule has 0 saturated carbocycles. The highest BCUT2D eigenvalue weighted by Gasteiger charge is 2.46. The van der Waals surface area contributed by atoms with Crippen molar-refractivity contribution >= 4 is 34.6 Å². The number of nitrogens with one attached hydrogen (secondary N) is 2. The van der Waals surface area contributed by atoms with Crippen molar-refractivity contribution in [2.24, 2.45) is 0 Å². The number of hydrogen-bond donors (Lipinski definition) is 7. The topological polar surface area (TPSA) is 158 Å². The van der Waals surface area contributed by atoms with E-state index in [1.54, 1.807) is 11.2 Å². The first-order valence-electron chi connectivity index (χ1n) is 7.27. The predicted molar refractivity (Wildman–Crippen MR) is 93.4 cm³/mol. The molecule has 1 heterocycles. The maximum Gasteiger partial charge on any atom is 0.151 e. The molecule has 1 aromatic heterocycles. The lowest BCUT2D eigenvalue weighted by Crippen LogP contribution is -2.59. The molecule has 0 radical (unpaired) electrons. The molecule has 0 fully saturated rings. The molecule has 136 valence electrons. The molecule has 0 spiro atoms. The Hall–Kier alpha value is -1.97. The summed E-state index contributed by atoms with van der Waals surface area (Å²) >= 11 is 3.81. The van der Waals surface area contributed by atoms with Crippen LogP contribution in [-0.4, -0.2) is 72.5 Å². The van der Waals surface area contributed by atoms with Crippen LogP contribution in [0.3, 0.4) is 0 Å². The zero-order valence-corrected chi connectivity index (χ0v) is 14.0. The number of aldehydes is 1. The second-order valence-electron chi connectivity index (χ2n) is 5.43. The molecule has 1 aromatic carbocycles. The summed E-state index contributed by atoms with van der Waals surface area (Å²) in [5, 5.41) is 56.9. The zero-order valence-electron chi connectivity index (χ0n) is 13.2. The van der Waals surface area contributed by atoms with E-state index in [0.717, 1.165) is 10.9 Å². The van der Waals surface area contributed by atoms with Crippen LogP contribution in [0, 0.1) is 5.41 Å². The van der Waals surface area contributed by atoms with Crippen LogP contribution in [0.1, 0.15) is 5.69 Å². The smallest absolute Gasteiger partial charge is 0.151 e. The lowest BCUT2D eigenvalue weighted by Gasteiger charge is -2.36. The van der Waals surface area contributed by atoms with E-state index < -0.39 is 30.5 Å². The molecule has 2 aromatic rings. The molecule has 4 unspecified atom stereocenters. The van der Waals surface area contributed by atoms with Gasteiger partial charge in [-0.25, -0.2) is 5.41 Å². The van der Waals surface area contributed by atoms with Gasteiger partial charge in [-0.05, 0) is 29.7 Å². The third kappa shape index (κ3) is 5.00. The number of hydrogen-bond acceptors (Lipinski definition) is 8. The van der Waals surface area contributed by atoms with E-state index in [-0.39, 0.29) is 12.7 Å². The largest absolute Gasteiger partial charge is 0.394 e. The lowest BCUT2D eigenvalue weighted by atomic mass is 9.83. The van der Waals surface area contributed by atoms with Crippen LogP contribution in [0.25, 0.3) is 10.9 Å². The molecule has 0 amide bonds. The van der Waals surface area contributed by atoms with Gasteiger partial charge in [0.25, 0.3) is 0 Å². The first kappa shape index (κ1) is 21.1. The van der Waals surface area contributed by atoms with Gasteiger partial charge in [-0.1, -0.05) is 18.2 Å². The van der Waals surface area contributed by atoms with E-state index in [9.17, 15) is 25.2 Å². The van der Waals surface area contributed by atoms with Crippen LogP contribution >= 0.6 is 12.2 Å². The third-order valence-electron chi connectivity index (χ3n) is 3.76. The number of aliphatic hydroxyl groups excluding tert-OH is 4.